The molecule has 0 aromatic heterocycles. The highest BCUT2D eigenvalue weighted by molar-refractivity contribution is 5.76. The molecule has 12 N–H and O–H groups in total. The molecule has 0 aromatic carbocycles. The lowest BCUT2D eigenvalue weighted by Crippen LogP contribution is -2.66. The molecule has 0 spiro atoms. The maximum absolute atomic E-state index is 13.2. The summed E-state index contributed by atoms with van der Waals surface area (Å²) in [5, 5.41) is 119. The molecule has 0 saturated carbocycles. The largest absolute Gasteiger partial charge is 0.394 e. The van der Waals surface area contributed by atoms with Crippen LogP contribution in [0.15, 0.2) is 12.2 Å². The van der Waals surface area contributed by atoms with Crippen LogP contribution in [0.2, 0.25) is 0 Å². The van der Waals surface area contributed by atoms with Crippen molar-refractivity contribution in [3.63, 3.8) is 0 Å². The van der Waals surface area contributed by atoms with Gasteiger partial charge >= 0.3 is 0 Å². The number of unbranched alkanes of at least 4 members (excludes halogenated alkanes) is 16. The molecule has 3 heterocycles. The molecule has 3 aliphatic rings. The topological polar surface area (TPSA) is 307 Å². The van der Waals surface area contributed by atoms with E-state index in [1.165, 1.54) is 38.5 Å². The lowest BCUT2D eigenvalue weighted by molar-refractivity contribution is -0.379. The van der Waals surface area contributed by atoms with Crippen molar-refractivity contribution in [3.05, 3.63) is 12.2 Å². The Hall–Kier alpha value is -1.47. The van der Waals surface area contributed by atoms with Crippen molar-refractivity contribution in [2.24, 2.45) is 0 Å². The van der Waals surface area contributed by atoms with E-state index in [0.29, 0.717) is 12.8 Å². The molecule has 19 nitrogen and oxygen atoms in total. The predicted octanol–water partition coefficient (Wildman–Crippen LogP) is 1.09. The Labute approximate surface area is 391 Å². The van der Waals surface area contributed by atoms with Gasteiger partial charge in [-0.3, -0.25) is 4.79 Å². The monoisotopic (exact) mass is 954 g/mol. The Morgan fingerprint density at radius 3 is 1.47 bits per heavy atom. The van der Waals surface area contributed by atoms with Crippen molar-refractivity contribution < 1.29 is 89.4 Å². The third-order valence-corrected chi connectivity index (χ3v) is 12.8. The summed E-state index contributed by atoms with van der Waals surface area (Å²) in [6.07, 6.45) is -0.699. The summed E-state index contributed by atoms with van der Waals surface area (Å²) >= 11 is 0. The average Bonchev–Trinajstić information content (AvgIpc) is 3.31. The van der Waals surface area contributed by atoms with Crippen LogP contribution in [0.25, 0.3) is 0 Å². The molecular weight excluding hydrogens is 867 g/mol. The second kappa shape index (κ2) is 33.2. The minimum absolute atomic E-state index is 0.257. The van der Waals surface area contributed by atoms with Crippen molar-refractivity contribution in [1.29, 1.82) is 0 Å². The first kappa shape index (κ1) is 58.8. The molecule has 17 atom stereocenters. The van der Waals surface area contributed by atoms with Gasteiger partial charge in [0.25, 0.3) is 0 Å². The van der Waals surface area contributed by atoms with Crippen LogP contribution in [0.3, 0.4) is 0 Å². The van der Waals surface area contributed by atoms with Crippen LogP contribution in [0.1, 0.15) is 149 Å². The number of carbonyl (C=O) groups is 1. The van der Waals surface area contributed by atoms with Crippen LogP contribution in [0, 0.1) is 0 Å². The summed E-state index contributed by atoms with van der Waals surface area (Å²) in [5.74, 6) is -0.258. The minimum Gasteiger partial charge on any atom is -0.394 e. The zero-order valence-electron chi connectivity index (χ0n) is 39.4. The van der Waals surface area contributed by atoms with E-state index < -0.39 is 124 Å². The normalized spacial score (nSPS) is 33.9. The second-order valence-corrected chi connectivity index (χ2v) is 18.3. The Balaban J connectivity index is 1.54. The highest BCUT2D eigenvalue weighted by Gasteiger charge is 2.53. The summed E-state index contributed by atoms with van der Waals surface area (Å²) < 4.78 is 34.0. The van der Waals surface area contributed by atoms with Gasteiger partial charge in [-0.05, 0) is 38.5 Å². The van der Waals surface area contributed by atoms with Crippen molar-refractivity contribution in [1.82, 2.24) is 5.32 Å². The lowest BCUT2D eigenvalue weighted by atomic mass is 9.96. The molecule has 17 unspecified atom stereocenters. The van der Waals surface area contributed by atoms with Gasteiger partial charge in [-0.15, -0.1) is 0 Å². The fraction of sp³-hybridized carbons (Fsp3) is 0.936. The van der Waals surface area contributed by atoms with Crippen molar-refractivity contribution >= 4 is 5.91 Å². The van der Waals surface area contributed by atoms with Crippen molar-refractivity contribution in [2.75, 3.05) is 26.4 Å². The maximum Gasteiger partial charge on any atom is 0.220 e. The highest BCUT2D eigenvalue weighted by atomic mass is 16.8. The molecule has 1 amide bonds. The molecular formula is C47H87NO18. The van der Waals surface area contributed by atoms with E-state index in [-0.39, 0.29) is 18.9 Å². The van der Waals surface area contributed by atoms with Gasteiger partial charge in [0.05, 0.1) is 38.6 Å². The summed E-state index contributed by atoms with van der Waals surface area (Å²) in [4.78, 5) is 13.2. The van der Waals surface area contributed by atoms with Gasteiger partial charge in [-0.1, -0.05) is 116 Å². The summed E-state index contributed by atoms with van der Waals surface area (Å²) in [5.41, 5.74) is 0. The number of ether oxygens (including phenoxy) is 6. The number of amides is 1. The average molecular weight is 954 g/mol. The van der Waals surface area contributed by atoms with Gasteiger partial charge in [0, 0.05) is 6.42 Å². The van der Waals surface area contributed by atoms with E-state index in [1.807, 2.05) is 0 Å². The number of rotatable bonds is 34. The standard InChI is InChI=1S/C47H87NO18/c1-3-5-7-9-11-12-13-14-15-16-17-19-21-23-25-35(53)48-30(31(52)24-22-20-18-10-8-6-4-2)29-61-45-41(59)38(56)43(33(27-50)63-45)66-47-42(60)39(57)44(34(28-51)64-47)65-46-40(58)37(55)36(54)32(26-49)62-46/h13-14,30-34,36-47,49-52,54-60H,3-12,15-29H2,1-2H3,(H,48,53)/b14-13-. The number of nitrogens with one attached hydrogen (secondary N) is 1. The van der Waals surface area contributed by atoms with E-state index in [9.17, 15) is 61.0 Å². The van der Waals surface area contributed by atoms with Crippen molar-refractivity contribution in [3.8, 4) is 0 Å². The molecule has 388 valence electrons. The van der Waals surface area contributed by atoms with E-state index in [0.717, 1.165) is 77.0 Å². The van der Waals surface area contributed by atoms with Crippen LogP contribution in [0.5, 0.6) is 0 Å². The van der Waals surface area contributed by atoms with E-state index in [4.69, 9.17) is 28.4 Å². The van der Waals surface area contributed by atoms with Gasteiger partial charge < -0.3 is 89.9 Å². The molecule has 19 heteroatoms. The molecule has 3 saturated heterocycles. The smallest absolute Gasteiger partial charge is 0.220 e. The van der Waals surface area contributed by atoms with Crippen LogP contribution >= 0.6 is 0 Å². The molecule has 0 aromatic rings. The Kier molecular flexibility index (Phi) is 29.6. The summed E-state index contributed by atoms with van der Waals surface area (Å²) in [6.45, 7) is 1.67. The SMILES string of the molecule is CCCCCCC/C=C\CCCCCCCC(=O)NC(COC1OC(CO)C(OC2OC(CO)C(OC3OC(CO)C(O)C(O)C3O)C(O)C2O)C(O)C1O)C(O)CCCCCCCCC. The lowest BCUT2D eigenvalue weighted by Gasteiger charge is -2.48. The van der Waals surface area contributed by atoms with Gasteiger partial charge in [0.2, 0.25) is 5.91 Å². The number of aliphatic hydroxyl groups excluding tert-OH is 11. The Morgan fingerprint density at radius 1 is 0.530 bits per heavy atom. The molecule has 0 bridgehead atoms. The molecule has 66 heavy (non-hydrogen) atoms. The number of hydrogen-bond acceptors (Lipinski definition) is 18. The molecule has 3 fully saturated rings. The molecule has 3 rings (SSSR count). The molecule has 0 radical (unpaired) electrons. The first-order valence-corrected chi connectivity index (χ1v) is 24.9. The van der Waals surface area contributed by atoms with E-state index in [1.54, 1.807) is 0 Å². The zero-order chi connectivity index (χ0) is 48.4. The van der Waals surface area contributed by atoms with E-state index >= 15 is 0 Å². The zero-order valence-corrected chi connectivity index (χ0v) is 39.4. The second-order valence-electron chi connectivity index (χ2n) is 18.3. The fourth-order valence-corrected chi connectivity index (χ4v) is 8.60. The summed E-state index contributed by atoms with van der Waals surface area (Å²) in [6, 6.07) is -0.883. The summed E-state index contributed by atoms with van der Waals surface area (Å²) in [7, 11) is 0. The Morgan fingerprint density at radius 2 is 0.955 bits per heavy atom. The number of carbonyl (C=O) groups excluding carboxylic acids is 1. The van der Waals surface area contributed by atoms with Gasteiger partial charge in [0.1, 0.15) is 73.2 Å². The maximum atomic E-state index is 13.2. The fourth-order valence-electron chi connectivity index (χ4n) is 8.60. The van der Waals surface area contributed by atoms with Crippen LogP contribution < -0.4 is 5.32 Å². The molecule has 3 aliphatic heterocycles. The highest BCUT2D eigenvalue weighted by Crippen LogP contribution is 2.33. The third-order valence-electron chi connectivity index (χ3n) is 12.8. The van der Waals surface area contributed by atoms with Gasteiger partial charge in [-0.2, -0.15) is 0 Å². The van der Waals surface area contributed by atoms with Gasteiger partial charge in [0.15, 0.2) is 18.9 Å². The van der Waals surface area contributed by atoms with Gasteiger partial charge in [-0.25, -0.2) is 0 Å². The van der Waals surface area contributed by atoms with Crippen LogP contribution in [-0.4, -0.2) is 193 Å². The number of aliphatic hydroxyl groups is 11. The van der Waals surface area contributed by atoms with Crippen LogP contribution in [0.4, 0.5) is 0 Å². The first-order chi connectivity index (χ1) is 31.8. The minimum atomic E-state index is -1.97. The van der Waals surface area contributed by atoms with E-state index in [2.05, 4.69) is 31.3 Å². The van der Waals surface area contributed by atoms with Crippen LogP contribution in [-0.2, 0) is 33.2 Å². The molecule has 0 aliphatic carbocycles. The van der Waals surface area contributed by atoms with Crippen molar-refractivity contribution in [2.45, 2.75) is 253 Å². The first-order valence-electron chi connectivity index (χ1n) is 24.9. The third kappa shape index (κ3) is 19.4. The number of allylic oxidation sites excluding steroid dienone is 2. The Bertz CT molecular complexity index is 1280. The quantitative estimate of drug-likeness (QED) is 0.0317. The predicted molar refractivity (Wildman–Crippen MR) is 240 cm³/mol. The number of hydrogen-bond donors (Lipinski definition) is 12.